The first-order valence-electron chi connectivity index (χ1n) is 11.6. The van der Waals surface area contributed by atoms with E-state index in [0.717, 1.165) is 31.2 Å². The number of rotatable bonds is 6. The van der Waals surface area contributed by atoms with Crippen molar-refractivity contribution < 1.29 is 17.9 Å². The third-order valence-electron chi connectivity index (χ3n) is 6.32. The maximum absolute atomic E-state index is 13.0. The molecule has 0 bridgehead atoms. The number of sulfonamides is 1. The summed E-state index contributed by atoms with van der Waals surface area (Å²) in [7, 11) is -3.82. The molecule has 0 radical (unpaired) electrons. The van der Waals surface area contributed by atoms with Crippen molar-refractivity contribution in [2.45, 2.75) is 62.7 Å². The topological polar surface area (TPSA) is 96.6 Å². The summed E-state index contributed by atoms with van der Waals surface area (Å²) >= 11 is 5.87. The van der Waals surface area contributed by atoms with E-state index in [1.165, 1.54) is 24.3 Å². The van der Waals surface area contributed by atoms with Gasteiger partial charge in [-0.05, 0) is 67.6 Å². The van der Waals surface area contributed by atoms with Crippen molar-refractivity contribution in [3.63, 3.8) is 0 Å². The van der Waals surface area contributed by atoms with Gasteiger partial charge >= 0.3 is 5.63 Å². The van der Waals surface area contributed by atoms with E-state index in [1.54, 1.807) is 18.2 Å². The molecule has 0 saturated heterocycles. The van der Waals surface area contributed by atoms with E-state index in [2.05, 4.69) is 4.72 Å². The largest absolute Gasteiger partial charge is 0.507 e. The summed E-state index contributed by atoms with van der Waals surface area (Å²) in [5.41, 5.74) is 1.51. The van der Waals surface area contributed by atoms with Gasteiger partial charge in [-0.3, -0.25) is 4.72 Å². The molecule has 3 aromatic rings. The number of halogens is 1. The van der Waals surface area contributed by atoms with Crippen molar-refractivity contribution in [1.82, 2.24) is 0 Å². The lowest BCUT2D eigenvalue weighted by atomic mass is 9.87. The zero-order valence-electron chi connectivity index (χ0n) is 19.0. The Bertz CT molecular complexity index is 1330. The molecule has 0 amide bonds. The van der Waals surface area contributed by atoms with Gasteiger partial charge in [0.25, 0.3) is 10.0 Å². The minimum absolute atomic E-state index is 0.0205. The number of hydrogen-bond acceptors (Lipinski definition) is 5. The highest BCUT2D eigenvalue weighted by Crippen LogP contribution is 2.37. The highest BCUT2D eigenvalue weighted by atomic mass is 35.5. The van der Waals surface area contributed by atoms with Crippen molar-refractivity contribution in [3.05, 3.63) is 86.4 Å². The molecule has 1 heterocycles. The molecule has 0 spiro atoms. The third-order valence-corrected chi connectivity index (χ3v) is 7.97. The van der Waals surface area contributed by atoms with E-state index in [0.29, 0.717) is 41.3 Å². The molecule has 1 unspecified atom stereocenters. The lowest BCUT2D eigenvalue weighted by molar-refractivity contribution is 0.384. The molecule has 0 saturated carbocycles. The number of aryl methyl sites for hydroxylation is 1. The maximum Gasteiger partial charge on any atom is 0.343 e. The zero-order valence-corrected chi connectivity index (χ0v) is 20.6. The van der Waals surface area contributed by atoms with Gasteiger partial charge in [-0.1, -0.05) is 43.5 Å². The van der Waals surface area contributed by atoms with Crippen LogP contribution in [0.2, 0.25) is 5.02 Å². The Kier molecular flexibility index (Phi) is 7.33. The molecule has 0 aliphatic heterocycles. The summed E-state index contributed by atoms with van der Waals surface area (Å²) in [5, 5.41) is 11.6. The lowest BCUT2D eigenvalue weighted by Gasteiger charge is -2.21. The Morgan fingerprint density at radius 3 is 2.47 bits per heavy atom. The van der Waals surface area contributed by atoms with Crippen LogP contribution in [0, 0.1) is 0 Å². The van der Waals surface area contributed by atoms with Gasteiger partial charge in [0.05, 0.1) is 10.5 Å². The Labute approximate surface area is 204 Å². The minimum Gasteiger partial charge on any atom is -0.507 e. The van der Waals surface area contributed by atoms with Crippen LogP contribution in [0.5, 0.6) is 5.75 Å². The molecule has 0 fully saturated rings. The molecule has 34 heavy (non-hydrogen) atoms. The molecule has 1 atom stereocenters. The number of hydrogen-bond donors (Lipinski definition) is 2. The zero-order chi connectivity index (χ0) is 24.3. The molecule has 2 N–H and O–H groups in total. The molecule has 2 aromatic carbocycles. The number of nitrogens with one attached hydrogen (secondary N) is 1. The molecule has 1 aromatic heterocycles. The van der Waals surface area contributed by atoms with E-state index < -0.39 is 21.6 Å². The van der Waals surface area contributed by atoms with Gasteiger partial charge in [-0.25, -0.2) is 13.2 Å². The molecule has 6 nitrogen and oxygen atoms in total. The van der Waals surface area contributed by atoms with E-state index >= 15 is 0 Å². The van der Waals surface area contributed by atoms with Gasteiger partial charge in [-0.15, -0.1) is 0 Å². The van der Waals surface area contributed by atoms with Gasteiger partial charge in [0.1, 0.15) is 11.5 Å². The smallest absolute Gasteiger partial charge is 0.343 e. The Balaban J connectivity index is 1.69. The molecule has 1 aliphatic carbocycles. The summed E-state index contributed by atoms with van der Waals surface area (Å²) in [5.74, 6) is 0.171. The Morgan fingerprint density at radius 2 is 1.76 bits per heavy atom. The van der Waals surface area contributed by atoms with Crippen molar-refractivity contribution >= 4 is 27.3 Å². The summed E-state index contributed by atoms with van der Waals surface area (Å²) in [6.07, 6.45) is 5.90. The van der Waals surface area contributed by atoms with E-state index in [4.69, 9.17) is 16.0 Å². The van der Waals surface area contributed by atoms with Crippen molar-refractivity contribution in [3.8, 4) is 5.75 Å². The van der Waals surface area contributed by atoms with Gasteiger partial charge in [0, 0.05) is 28.6 Å². The first kappa shape index (κ1) is 24.4. The first-order chi connectivity index (χ1) is 16.3. The van der Waals surface area contributed by atoms with E-state index in [9.17, 15) is 18.3 Å². The number of benzene rings is 2. The summed E-state index contributed by atoms with van der Waals surface area (Å²) in [6.45, 7) is 1.92. The summed E-state index contributed by atoms with van der Waals surface area (Å²) in [4.78, 5) is 13.1. The van der Waals surface area contributed by atoms with Gasteiger partial charge < -0.3 is 9.52 Å². The van der Waals surface area contributed by atoms with Crippen LogP contribution < -0.4 is 10.3 Å². The molecular formula is C26H28ClNO5S. The second kappa shape index (κ2) is 10.2. The van der Waals surface area contributed by atoms with Gasteiger partial charge in [0.2, 0.25) is 0 Å². The number of fused-ring (bicyclic) bond motifs is 1. The maximum atomic E-state index is 13.0. The molecular weight excluding hydrogens is 474 g/mol. The van der Waals surface area contributed by atoms with Crippen LogP contribution in [0.3, 0.4) is 0 Å². The normalized spacial score (nSPS) is 15.1. The fourth-order valence-corrected chi connectivity index (χ4v) is 5.76. The third kappa shape index (κ3) is 5.15. The predicted octanol–water partition coefficient (Wildman–Crippen LogP) is 6.00. The van der Waals surface area contributed by atoms with Crippen LogP contribution in [-0.4, -0.2) is 13.5 Å². The van der Waals surface area contributed by atoms with E-state index in [1.807, 2.05) is 13.0 Å². The molecule has 180 valence electrons. The molecule has 4 rings (SSSR count). The second-order valence-electron chi connectivity index (χ2n) is 8.61. The molecule has 1 aliphatic rings. The quantitative estimate of drug-likeness (QED) is 0.431. The van der Waals surface area contributed by atoms with Crippen molar-refractivity contribution in [1.29, 1.82) is 0 Å². The Hall–Kier alpha value is -2.77. The number of aromatic hydroxyl groups is 1. The van der Waals surface area contributed by atoms with Crippen LogP contribution in [0.25, 0.3) is 0 Å². The van der Waals surface area contributed by atoms with Crippen LogP contribution >= 0.6 is 11.6 Å². The minimum atomic E-state index is -3.82. The summed E-state index contributed by atoms with van der Waals surface area (Å²) in [6, 6.07) is 12.8. The van der Waals surface area contributed by atoms with Gasteiger partial charge in [0.15, 0.2) is 0 Å². The van der Waals surface area contributed by atoms with Crippen LogP contribution in [0.4, 0.5) is 5.69 Å². The highest BCUT2D eigenvalue weighted by Gasteiger charge is 2.27. The SMILES string of the molecule is CCC(c1cccc(NS(=O)(=O)c2ccc(Cl)cc2)c1)c1c(O)c2c(oc1=O)CCCCCC2. The fraction of sp³-hybridized carbons (Fsp3) is 0.346. The average molecular weight is 502 g/mol. The lowest BCUT2D eigenvalue weighted by Crippen LogP contribution is -2.18. The van der Waals surface area contributed by atoms with Crippen LogP contribution in [0.15, 0.2) is 62.6 Å². The first-order valence-corrected chi connectivity index (χ1v) is 13.4. The standard InChI is InChI=1S/C26H28ClNO5S/c1-2-21(24-25(29)22-10-5-3-4-6-11-23(22)33-26(24)30)17-8-7-9-19(16-17)28-34(31,32)20-14-12-18(27)13-15-20/h7-9,12-16,21,28-29H,2-6,10-11H2,1H3. The predicted molar refractivity (Wildman–Crippen MR) is 133 cm³/mol. The number of anilines is 1. The molecule has 8 heteroatoms. The van der Waals surface area contributed by atoms with Gasteiger partial charge in [-0.2, -0.15) is 0 Å². The van der Waals surface area contributed by atoms with Crippen molar-refractivity contribution in [2.24, 2.45) is 0 Å². The van der Waals surface area contributed by atoms with E-state index in [-0.39, 0.29) is 16.2 Å². The Morgan fingerprint density at radius 1 is 1.06 bits per heavy atom. The van der Waals surface area contributed by atoms with Crippen LogP contribution in [-0.2, 0) is 22.9 Å². The summed E-state index contributed by atoms with van der Waals surface area (Å²) < 4.78 is 33.9. The fourth-order valence-electron chi connectivity index (χ4n) is 4.58. The second-order valence-corrected chi connectivity index (χ2v) is 10.7. The van der Waals surface area contributed by atoms with Crippen LogP contribution in [0.1, 0.15) is 67.4 Å². The highest BCUT2D eigenvalue weighted by molar-refractivity contribution is 7.92. The monoisotopic (exact) mass is 501 g/mol. The average Bonchev–Trinajstić information content (AvgIpc) is 2.78. The van der Waals surface area contributed by atoms with Crippen molar-refractivity contribution in [2.75, 3.05) is 4.72 Å².